The van der Waals surface area contributed by atoms with Gasteiger partial charge < -0.3 is 15.6 Å². The van der Waals surface area contributed by atoms with E-state index in [-0.39, 0.29) is 18.8 Å². The van der Waals surface area contributed by atoms with Crippen molar-refractivity contribution in [3.63, 3.8) is 0 Å². The minimum atomic E-state index is -0.340. The predicted molar refractivity (Wildman–Crippen MR) is 74.8 cm³/mol. The Hall–Kier alpha value is -1.06. The Morgan fingerprint density at radius 2 is 1.94 bits per heavy atom. The molecule has 0 aromatic heterocycles. The van der Waals surface area contributed by atoms with Crippen molar-refractivity contribution in [1.82, 2.24) is 0 Å². The SMILES string of the molecule is Cc1ccc(C)c(OC(CO)C(N)CC(C)C)c1. The number of benzene rings is 1. The zero-order chi connectivity index (χ0) is 13.7. The third kappa shape index (κ3) is 4.31. The Kier molecular flexibility index (Phi) is 5.63. The molecule has 18 heavy (non-hydrogen) atoms. The van der Waals surface area contributed by atoms with E-state index in [0.29, 0.717) is 5.92 Å². The highest BCUT2D eigenvalue weighted by Crippen LogP contribution is 2.22. The van der Waals surface area contributed by atoms with Crippen molar-refractivity contribution < 1.29 is 9.84 Å². The molecular weight excluding hydrogens is 226 g/mol. The van der Waals surface area contributed by atoms with Crippen molar-refractivity contribution in [2.45, 2.75) is 46.3 Å². The fourth-order valence-electron chi connectivity index (χ4n) is 1.95. The Bertz CT molecular complexity index is 377. The van der Waals surface area contributed by atoms with Gasteiger partial charge in [0.05, 0.1) is 6.61 Å². The van der Waals surface area contributed by atoms with Gasteiger partial charge in [0.15, 0.2) is 0 Å². The van der Waals surface area contributed by atoms with Gasteiger partial charge in [0.25, 0.3) is 0 Å². The van der Waals surface area contributed by atoms with Crippen molar-refractivity contribution >= 4 is 0 Å². The van der Waals surface area contributed by atoms with Gasteiger partial charge in [-0.15, -0.1) is 0 Å². The van der Waals surface area contributed by atoms with Crippen LogP contribution in [-0.2, 0) is 0 Å². The molecule has 2 unspecified atom stereocenters. The Labute approximate surface area is 110 Å². The lowest BCUT2D eigenvalue weighted by molar-refractivity contribution is 0.0875. The van der Waals surface area contributed by atoms with Crippen molar-refractivity contribution in [3.05, 3.63) is 29.3 Å². The summed E-state index contributed by atoms with van der Waals surface area (Å²) >= 11 is 0. The third-order valence-electron chi connectivity index (χ3n) is 3.02. The monoisotopic (exact) mass is 251 g/mol. The maximum absolute atomic E-state index is 9.43. The van der Waals surface area contributed by atoms with Gasteiger partial charge in [-0.1, -0.05) is 26.0 Å². The second-order valence-electron chi connectivity index (χ2n) is 5.40. The van der Waals surface area contributed by atoms with Crippen LogP contribution in [0.2, 0.25) is 0 Å². The van der Waals surface area contributed by atoms with E-state index in [1.807, 2.05) is 32.0 Å². The van der Waals surface area contributed by atoms with E-state index in [4.69, 9.17) is 10.5 Å². The summed E-state index contributed by atoms with van der Waals surface area (Å²) in [6.07, 6.45) is 0.503. The summed E-state index contributed by atoms with van der Waals surface area (Å²) < 4.78 is 5.86. The number of ether oxygens (including phenoxy) is 1. The van der Waals surface area contributed by atoms with Crippen LogP contribution in [0.5, 0.6) is 5.75 Å². The number of aliphatic hydroxyl groups excluding tert-OH is 1. The summed E-state index contributed by atoms with van der Waals surface area (Å²) in [6, 6.07) is 5.91. The molecule has 0 heterocycles. The lowest BCUT2D eigenvalue weighted by Crippen LogP contribution is -2.42. The van der Waals surface area contributed by atoms with Gasteiger partial charge in [-0.05, 0) is 43.4 Å². The number of hydrogen-bond acceptors (Lipinski definition) is 3. The zero-order valence-electron chi connectivity index (χ0n) is 11.8. The average molecular weight is 251 g/mol. The molecule has 0 spiro atoms. The van der Waals surface area contributed by atoms with Gasteiger partial charge in [-0.25, -0.2) is 0 Å². The second-order valence-corrected chi connectivity index (χ2v) is 5.40. The van der Waals surface area contributed by atoms with Crippen LogP contribution in [0.15, 0.2) is 18.2 Å². The maximum atomic E-state index is 9.43. The van der Waals surface area contributed by atoms with Gasteiger partial charge in [0, 0.05) is 6.04 Å². The van der Waals surface area contributed by atoms with Crippen LogP contribution < -0.4 is 10.5 Å². The van der Waals surface area contributed by atoms with Gasteiger partial charge in [0.2, 0.25) is 0 Å². The maximum Gasteiger partial charge on any atom is 0.137 e. The van der Waals surface area contributed by atoms with E-state index < -0.39 is 0 Å². The summed E-state index contributed by atoms with van der Waals surface area (Å²) in [5.41, 5.74) is 8.29. The highest BCUT2D eigenvalue weighted by molar-refractivity contribution is 5.36. The van der Waals surface area contributed by atoms with Crippen molar-refractivity contribution in [1.29, 1.82) is 0 Å². The van der Waals surface area contributed by atoms with E-state index in [2.05, 4.69) is 13.8 Å². The minimum Gasteiger partial charge on any atom is -0.486 e. The smallest absolute Gasteiger partial charge is 0.137 e. The Balaban J connectivity index is 2.76. The highest BCUT2D eigenvalue weighted by atomic mass is 16.5. The summed E-state index contributed by atoms with van der Waals surface area (Å²) in [6.45, 7) is 8.20. The molecule has 3 heteroatoms. The molecule has 102 valence electrons. The van der Waals surface area contributed by atoms with Gasteiger partial charge in [0.1, 0.15) is 11.9 Å². The first-order valence-electron chi connectivity index (χ1n) is 6.54. The molecule has 1 rings (SSSR count). The zero-order valence-corrected chi connectivity index (χ0v) is 11.8. The summed E-state index contributed by atoms with van der Waals surface area (Å²) in [7, 11) is 0. The fraction of sp³-hybridized carbons (Fsp3) is 0.600. The van der Waals surface area contributed by atoms with Crippen LogP contribution in [0.1, 0.15) is 31.4 Å². The largest absolute Gasteiger partial charge is 0.486 e. The minimum absolute atomic E-state index is 0.0543. The van der Waals surface area contributed by atoms with Gasteiger partial charge >= 0.3 is 0 Å². The van der Waals surface area contributed by atoms with Gasteiger partial charge in [-0.2, -0.15) is 0 Å². The molecule has 2 atom stereocenters. The molecule has 0 saturated carbocycles. The summed E-state index contributed by atoms with van der Waals surface area (Å²) in [5, 5.41) is 9.43. The molecule has 0 saturated heterocycles. The molecule has 0 fully saturated rings. The van der Waals surface area contributed by atoms with Crippen LogP contribution in [0.3, 0.4) is 0 Å². The van der Waals surface area contributed by atoms with E-state index in [1.165, 1.54) is 0 Å². The predicted octanol–water partition coefficient (Wildman–Crippen LogP) is 2.42. The summed E-state index contributed by atoms with van der Waals surface area (Å²) in [5.74, 6) is 1.31. The number of aryl methyl sites for hydroxylation is 2. The van der Waals surface area contributed by atoms with Crippen molar-refractivity contribution in [2.75, 3.05) is 6.61 Å². The van der Waals surface area contributed by atoms with E-state index in [1.54, 1.807) is 0 Å². The molecule has 0 radical (unpaired) electrons. The topological polar surface area (TPSA) is 55.5 Å². The molecule has 3 N–H and O–H groups in total. The van der Waals surface area contributed by atoms with Crippen LogP contribution in [0, 0.1) is 19.8 Å². The third-order valence-corrected chi connectivity index (χ3v) is 3.02. The first kappa shape index (κ1) is 15.0. The van der Waals surface area contributed by atoms with E-state index in [0.717, 1.165) is 23.3 Å². The molecule has 1 aromatic rings. The van der Waals surface area contributed by atoms with Crippen LogP contribution in [-0.4, -0.2) is 23.9 Å². The van der Waals surface area contributed by atoms with E-state index >= 15 is 0 Å². The number of hydrogen-bond donors (Lipinski definition) is 2. The number of rotatable bonds is 6. The van der Waals surface area contributed by atoms with Crippen LogP contribution in [0.4, 0.5) is 0 Å². The lowest BCUT2D eigenvalue weighted by Gasteiger charge is -2.25. The molecule has 0 aliphatic carbocycles. The standard InChI is InChI=1S/C15H25NO2/c1-10(2)7-13(16)15(9-17)18-14-8-11(3)5-6-12(14)4/h5-6,8,10,13,15,17H,7,9,16H2,1-4H3. The number of aliphatic hydroxyl groups is 1. The Morgan fingerprint density at radius 1 is 1.28 bits per heavy atom. The van der Waals surface area contributed by atoms with Crippen LogP contribution in [0.25, 0.3) is 0 Å². The lowest BCUT2D eigenvalue weighted by atomic mass is 10.00. The van der Waals surface area contributed by atoms with Crippen molar-refractivity contribution in [3.8, 4) is 5.75 Å². The first-order chi connectivity index (χ1) is 8.43. The Morgan fingerprint density at radius 3 is 2.50 bits per heavy atom. The van der Waals surface area contributed by atoms with Crippen LogP contribution >= 0.6 is 0 Å². The van der Waals surface area contributed by atoms with Crippen molar-refractivity contribution in [2.24, 2.45) is 11.7 Å². The molecule has 1 aromatic carbocycles. The quantitative estimate of drug-likeness (QED) is 0.816. The second kappa shape index (κ2) is 6.76. The van der Waals surface area contributed by atoms with E-state index in [9.17, 15) is 5.11 Å². The molecule has 3 nitrogen and oxygen atoms in total. The average Bonchev–Trinajstić information content (AvgIpc) is 2.29. The molecule has 0 aliphatic heterocycles. The molecule has 0 aliphatic rings. The molecular formula is C15H25NO2. The normalized spacial score (nSPS) is 14.6. The summed E-state index contributed by atoms with van der Waals surface area (Å²) in [4.78, 5) is 0. The first-order valence-corrected chi connectivity index (χ1v) is 6.54. The van der Waals surface area contributed by atoms with Gasteiger partial charge in [-0.3, -0.25) is 0 Å². The molecule has 0 amide bonds. The molecule has 0 bridgehead atoms. The number of nitrogens with two attached hydrogens (primary N) is 1. The fourth-order valence-corrected chi connectivity index (χ4v) is 1.95. The highest BCUT2D eigenvalue weighted by Gasteiger charge is 2.20.